The minimum absolute atomic E-state index is 0.0720. The molecule has 9 heteroatoms. The van der Waals surface area contributed by atoms with Crippen molar-refractivity contribution in [3.05, 3.63) is 52.0 Å². The molecule has 1 aromatic carbocycles. The van der Waals surface area contributed by atoms with Crippen LogP contribution in [0.15, 0.2) is 40.9 Å². The van der Waals surface area contributed by atoms with Crippen molar-refractivity contribution in [2.45, 2.75) is 18.1 Å². The summed E-state index contributed by atoms with van der Waals surface area (Å²) in [4.78, 5) is 17.7. The second-order valence-electron chi connectivity index (χ2n) is 5.57. The fourth-order valence-corrected chi connectivity index (χ4v) is 3.79. The summed E-state index contributed by atoms with van der Waals surface area (Å²) < 4.78 is 10.6. The Kier molecular flexibility index (Phi) is 5.07. The third kappa shape index (κ3) is 4.17. The van der Waals surface area contributed by atoms with Crippen LogP contribution in [0.3, 0.4) is 0 Å². The van der Waals surface area contributed by atoms with E-state index in [2.05, 4.69) is 26.6 Å². The summed E-state index contributed by atoms with van der Waals surface area (Å²) in [5.74, 6) is 2.44. The van der Waals surface area contributed by atoms with Crippen LogP contribution in [0.2, 0.25) is 0 Å². The first kappa shape index (κ1) is 16.9. The molecule has 3 heterocycles. The van der Waals surface area contributed by atoms with Crippen LogP contribution in [0.4, 0.5) is 0 Å². The van der Waals surface area contributed by atoms with E-state index in [1.165, 1.54) is 16.6 Å². The van der Waals surface area contributed by atoms with Gasteiger partial charge in [0, 0.05) is 17.8 Å². The van der Waals surface area contributed by atoms with Crippen molar-refractivity contribution in [1.29, 1.82) is 0 Å². The Balaban J connectivity index is 1.23. The van der Waals surface area contributed by atoms with Crippen LogP contribution in [0.25, 0.3) is 0 Å². The topological polar surface area (TPSA) is 89.1 Å². The number of rotatable bonds is 7. The summed E-state index contributed by atoms with van der Waals surface area (Å²) in [7, 11) is 0. The van der Waals surface area contributed by atoms with Gasteiger partial charge in [-0.05, 0) is 29.1 Å². The molecule has 0 saturated heterocycles. The van der Waals surface area contributed by atoms with Crippen molar-refractivity contribution in [2.24, 2.45) is 0 Å². The van der Waals surface area contributed by atoms with Crippen molar-refractivity contribution in [2.75, 3.05) is 12.5 Å². The van der Waals surface area contributed by atoms with Gasteiger partial charge in [-0.25, -0.2) is 4.98 Å². The molecule has 0 spiro atoms. The van der Waals surface area contributed by atoms with Crippen LogP contribution in [-0.2, 0) is 17.8 Å². The number of H-pyrrole nitrogens is 1. The van der Waals surface area contributed by atoms with Crippen molar-refractivity contribution < 1.29 is 14.3 Å². The zero-order chi connectivity index (χ0) is 17.8. The van der Waals surface area contributed by atoms with E-state index in [1.807, 2.05) is 29.6 Å². The number of ether oxygens (including phenoxy) is 2. The van der Waals surface area contributed by atoms with E-state index >= 15 is 0 Å². The van der Waals surface area contributed by atoms with Gasteiger partial charge in [-0.2, -0.15) is 0 Å². The highest BCUT2D eigenvalue weighted by molar-refractivity contribution is 7.99. The molecule has 26 heavy (non-hydrogen) atoms. The molecule has 1 aliphatic rings. The fourth-order valence-electron chi connectivity index (χ4n) is 2.43. The summed E-state index contributed by atoms with van der Waals surface area (Å²) in [6, 6.07) is 9.70. The van der Waals surface area contributed by atoms with Gasteiger partial charge in [0.15, 0.2) is 11.5 Å². The lowest BCUT2D eigenvalue weighted by atomic mass is 10.2. The van der Waals surface area contributed by atoms with E-state index in [4.69, 9.17) is 9.47 Å². The molecule has 7 nitrogen and oxygen atoms in total. The number of carbonyl (C=O) groups is 1. The first-order valence-corrected chi connectivity index (χ1v) is 9.84. The largest absolute Gasteiger partial charge is 0.454 e. The minimum atomic E-state index is -0.0720. The Hall–Kier alpha value is -2.52. The molecular formula is C17H16N4O3S2. The maximum Gasteiger partial charge on any atom is 0.231 e. The van der Waals surface area contributed by atoms with E-state index in [-0.39, 0.29) is 18.5 Å². The number of aromatic amines is 1. The Labute approximate surface area is 158 Å². The maximum absolute atomic E-state index is 12.0. The van der Waals surface area contributed by atoms with Gasteiger partial charge in [-0.1, -0.05) is 23.9 Å². The fraction of sp³-hybridized carbons (Fsp3) is 0.235. The molecule has 0 atom stereocenters. The molecular weight excluding hydrogens is 372 g/mol. The molecule has 0 aliphatic carbocycles. The summed E-state index contributed by atoms with van der Waals surface area (Å²) in [5.41, 5.74) is 0.962. The number of thiophene rings is 1. The summed E-state index contributed by atoms with van der Waals surface area (Å²) in [6.07, 6.45) is 0.724. The van der Waals surface area contributed by atoms with Crippen molar-refractivity contribution in [1.82, 2.24) is 20.5 Å². The molecule has 0 unspecified atom stereocenters. The molecule has 0 fully saturated rings. The molecule has 134 valence electrons. The quantitative estimate of drug-likeness (QED) is 0.605. The van der Waals surface area contributed by atoms with Gasteiger partial charge in [0.25, 0.3) is 0 Å². The van der Waals surface area contributed by atoms with Gasteiger partial charge in [-0.15, -0.1) is 16.4 Å². The molecule has 0 radical (unpaired) electrons. The number of carbonyl (C=O) groups excluding carboxylic acids is 1. The number of amides is 1. The van der Waals surface area contributed by atoms with Gasteiger partial charge < -0.3 is 14.8 Å². The summed E-state index contributed by atoms with van der Waals surface area (Å²) in [6.45, 7) is 0.681. The number of fused-ring (bicyclic) bond motifs is 1. The highest BCUT2D eigenvalue weighted by Crippen LogP contribution is 2.32. The van der Waals surface area contributed by atoms with Crippen molar-refractivity contribution >= 4 is 29.0 Å². The number of nitrogens with one attached hydrogen (secondary N) is 2. The predicted molar refractivity (Wildman–Crippen MR) is 98.6 cm³/mol. The van der Waals surface area contributed by atoms with Crippen LogP contribution >= 0.6 is 23.1 Å². The lowest BCUT2D eigenvalue weighted by Crippen LogP contribution is -2.24. The van der Waals surface area contributed by atoms with Crippen LogP contribution in [0, 0.1) is 0 Å². The second kappa shape index (κ2) is 7.79. The standard InChI is InChI=1S/C17H16N4O3S2/c22-16(18-8-11-3-4-13-14(6-11)24-10-23-13)9-26-17-19-15(20-21-17)7-12-2-1-5-25-12/h1-6H,7-10H2,(H,18,22)(H,19,20,21). The Morgan fingerprint density at radius 1 is 1.31 bits per heavy atom. The SMILES string of the molecule is O=C(CSc1n[nH]c(Cc2cccs2)n1)NCc1ccc2c(c1)OCO2. The zero-order valence-corrected chi connectivity index (χ0v) is 15.4. The number of thioether (sulfide) groups is 1. The van der Waals surface area contributed by atoms with Gasteiger partial charge >= 0.3 is 0 Å². The van der Waals surface area contributed by atoms with E-state index in [0.717, 1.165) is 23.6 Å². The van der Waals surface area contributed by atoms with Crippen LogP contribution < -0.4 is 14.8 Å². The molecule has 3 aromatic rings. The van der Waals surface area contributed by atoms with Gasteiger partial charge in [-0.3, -0.25) is 9.89 Å². The molecule has 1 aliphatic heterocycles. The average Bonchev–Trinajstić information content (AvgIpc) is 3.40. The molecule has 2 N–H and O–H groups in total. The van der Waals surface area contributed by atoms with Crippen LogP contribution in [0.5, 0.6) is 11.5 Å². The first-order valence-electron chi connectivity index (χ1n) is 7.98. The lowest BCUT2D eigenvalue weighted by Gasteiger charge is -2.05. The van der Waals surface area contributed by atoms with Gasteiger partial charge in [0.05, 0.1) is 5.75 Å². The molecule has 2 aromatic heterocycles. The third-order valence-electron chi connectivity index (χ3n) is 3.69. The molecule has 1 amide bonds. The number of nitrogens with zero attached hydrogens (tertiary/aromatic N) is 2. The lowest BCUT2D eigenvalue weighted by molar-refractivity contribution is -0.118. The highest BCUT2D eigenvalue weighted by Gasteiger charge is 2.14. The summed E-state index contributed by atoms with van der Waals surface area (Å²) in [5, 5.41) is 12.6. The van der Waals surface area contributed by atoms with Crippen molar-refractivity contribution in [3.63, 3.8) is 0 Å². The summed E-state index contributed by atoms with van der Waals surface area (Å²) >= 11 is 2.99. The molecule has 0 saturated carbocycles. The number of hydrogen-bond donors (Lipinski definition) is 2. The van der Waals surface area contributed by atoms with Gasteiger partial charge in [0.2, 0.25) is 17.9 Å². The van der Waals surface area contributed by atoms with Crippen molar-refractivity contribution in [3.8, 4) is 11.5 Å². The number of benzene rings is 1. The number of aromatic nitrogens is 3. The van der Waals surface area contributed by atoms with E-state index in [9.17, 15) is 4.79 Å². The van der Waals surface area contributed by atoms with E-state index in [1.54, 1.807) is 11.3 Å². The zero-order valence-electron chi connectivity index (χ0n) is 13.7. The van der Waals surface area contributed by atoms with Gasteiger partial charge in [0.1, 0.15) is 5.82 Å². The molecule has 4 rings (SSSR count). The Bertz CT molecular complexity index is 895. The second-order valence-corrected chi connectivity index (χ2v) is 7.55. The maximum atomic E-state index is 12.0. The smallest absolute Gasteiger partial charge is 0.231 e. The molecule has 0 bridgehead atoms. The average molecular weight is 388 g/mol. The third-order valence-corrected chi connectivity index (χ3v) is 5.42. The van der Waals surface area contributed by atoms with Crippen LogP contribution in [-0.4, -0.2) is 33.6 Å². The minimum Gasteiger partial charge on any atom is -0.454 e. The van der Waals surface area contributed by atoms with E-state index in [0.29, 0.717) is 17.5 Å². The Morgan fingerprint density at radius 2 is 2.23 bits per heavy atom. The Morgan fingerprint density at radius 3 is 3.12 bits per heavy atom. The number of hydrogen-bond acceptors (Lipinski definition) is 7. The monoisotopic (exact) mass is 388 g/mol. The predicted octanol–water partition coefficient (Wildman–Crippen LogP) is 2.59. The first-order chi connectivity index (χ1) is 12.8. The normalized spacial score (nSPS) is 12.3. The van der Waals surface area contributed by atoms with Crippen LogP contribution in [0.1, 0.15) is 16.3 Å². The highest BCUT2D eigenvalue weighted by atomic mass is 32.2. The van der Waals surface area contributed by atoms with E-state index < -0.39 is 0 Å².